The average Bonchev–Trinajstić information content (AvgIpc) is 2.60. The van der Waals surface area contributed by atoms with Gasteiger partial charge >= 0.3 is 5.97 Å². The van der Waals surface area contributed by atoms with E-state index in [4.69, 9.17) is 16.3 Å². The van der Waals surface area contributed by atoms with Crippen molar-refractivity contribution in [3.05, 3.63) is 59.1 Å². The molecule has 0 radical (unpaired) electrons. The minimum atomic E-state index is -3.59. The van der Waals surface area contributed by atoms with Crippen LogP contribution >= 0.6 is 11.6 Å². The largest absolute Gasteiger partial charge is 0.452 e. The second-order valence-corrected chi connectivity index (χ2v) is 7.36. The number of benzene rings is 2. The van der Waals surface area contributed by atoms with Crippen LogP contribution < -0.4 is 10.0 Å². The Balaban J connectivity index is 1.92. The maximum atomic E-state index is 12.0. The summed E-state index contributed by atoms with van der Waals surface area (Å²) in [7, 11) is -3.59. The molecule has 2 aromatic carbocycles. The topological polar surface area (TPSA) is 102 Å². The van der Waals surface area contributed by atoms with Crippen LogP contribution in [0.4, 0.5) is 5.69 Å². The molecule has 138 valence electrons. The van der Waals surface area contributed by atoms with Crippen LogP contribution in [0.5, 0.6) is 0 Å². The lowest BCUT2D eigenvalue weighted by Gasteiger charge is -2.08. The maximum Gasteiger partial charge on any atom is 0.338 e. The van der Waals surface area contributed by atoms with Crippen LogP contribution in [0.1, 0.15) is 17.3 Å². The van der Waals surface area contributed by atoms with Gasteiger partial charge in [-0.2, -0.15) is 0 Å². The summed E-state index contributed by atoms with van der Waals surface area (Å²) < 4.78 is 30.9. The first-order chi connectivity index (χ1) is 12.3. The van der Waals surface area contributed by atoms with E-state index in [0.717, 1.165) is 0 Å². The zero-order valence-corrected chi connectivity index (χ0v) is 15.4. The molecule has 2 N–H and O–H groups in total. The van der Waals surface area contributed by atoms with Crippen molar-refractivity contribution in [1.82, 2.24) is 4.72 Å². The van der Waals surface area contributed by atoms with Crippen molar-refractivity contribution in [3.8, 4) is 0 Å². The lowest BCUT2D eigenvalue weighted by Crippen LogP contribution is -2.23. The Hall–Kier alpha value is -2.42. The Kier molecular flexibility index (Phi) is 6.73. The van der Waals surface area contributed by atoms with Crippen molar-refractivity contribution in [3.63, 3.8) is 0 Å². The Labute approximate surface area is 156 Å². The molecule has 0 unspecified atom stereocenters. The number of sulfonamides is 1. The highest BCUT2D eigenvalue weighted by Crippen LogP contribution is 2.15. The molecule has 0 aromatic heterocycles. The van der Waals surface area contributed by atoms with Crippen molar-refractivity contribution in [2.75, 3.05) is 18.5 Å². The molecular weight excluding hydrogens is 380 g/mol. The molecule has 2 aromatic rings. The zero-order valence-electron chi connectivity index (χ0n) is 13.9. The number of hydrogen-bond acceptors (Lipinski definition) is 5. The molecule has 0 aliphatic carbocycles. The van der Waals surface area contributed by atoms with E-state index in [1.54, 1.807) is 31.2 Å². The lowest BCUT2D eigenvalue weighted by molar-refractivity contribution is -0.119. The predicted molar refractivity (Wildman–Crippen MR) is 97.7 cm³/mol. The van der Waals surface area contributed by atoms with Gasteiger partial charge in [0, 0.05) is 17.3 Å². The number of rotatable bonds is 7. The van der Waals surface area contributed by atoms with Gasteiger partial charge in [0.15, 0.2) is 6.61 Å². The summed E-state index contributed by atoms with van der Waals surface area (Å²) in [6, 6.07) is 11.8. The Morgan fingerprint density at radius 2 is 1.81 bits per heavy atom. The molecule has 0 bridgehead atoms. The van der Waals surface area contributed by atoms with E-state index in [2.05, 4.69) is 10.0 Å². The first-order valence-electron chi connectivity index (χ1n) is 7.64. The van der Waals surface area contributed by atoms with E-state index >= 15 is 0 Å². The van der Waals surface area contributed by atoms with Gasteiger partial charge in [0.1, 0.15) is 0 Å². The fourth-order valence-corrected chi connectivity index (χ4v) is 3.25. The van der Waals surface area contributed by atoms with Crippen LogP contribution in [0.15, 0.2) is 53.4 Å². The summed E-state index contributed by atoms with van der Waals surface area (Å²) in [5.74, 6) is -1.26. The molecule has 0 aliphatic rings. The smallest absolute Gasteiger partial charge is 0.338 e. The lowest BCUT2D eigenvalue weighted by atomic mass is 10.2. The summed E-state index contributed by atoms with van der Waals surface area (Å²) >= 11 is 5.82. The van der Waals surface area contributed by atoms with Gasteiger partial charge in [-0.1, -0.05) is 24.6 Å². The van der Waals surface area contributed by atoms with E-state index in [0.29, 0.717) is 10.7 Å². The minimum absolute atomic E-state index is 0.0367. The van der Waals surface area contributed by atoms with Crippen molar-refractivity contribution in [1.29, 1.82) is 0 Å². The molecule has 0 saturated heterocycles. The van der Waals surface area contributed by atoms with Crippen molar-refractivity contribution < 1.29 is 22.7 Å². The van der Waals surface area contributed by atoms with Crippen LogP contribution in [-0.4, -0.2) is 33.4 Å². The highest BCUT2D eigenvalue weighted by atomic mass is 35.5. The Bertz CT molecular complexity index is 898. The van der Waals surface area contributed by atoms with Gasteiger partial charge in [-0.3, -0.25) is 4.79 Å². The quantitative estimate of drug-likeness (QED) is 0.700. The monoisotopic (exact) mass is 396 g/mol. The van der Waals surface area contributed by atoms with Gasteiger partial charge in [0.25, 0.3) is 5.91 Å². The van der Waals surface area contributed by atoms with Gasteiger partial charge < -0.3 is 10.1 Å². The second kappa shape index (κ2) is 8.79. The number of amides is 1. The summed E-state index contributed by atoms with van der Waals surface area (Å²) in [5.41, 5.74) is 0.618. The molecular formula is C17H17ClN2O5S. The van der Waals surface area contributed by atoms with Crippen molar-refractivity contribution in [2.24, 2.45) is 0 Å². The maximum absolute atomic E-state index is 12.0. The second-order valence-electron chi connectivity index (χ2n) is 5.16. The Morgan fingerprint density at radius 1 is 1.12 bits per heavy atom. The third-order valence-corrected chi connectivity index (χ3v) is 4.97. The third-order valence-electron chi connectivity index (χ3n) is 3.18. The fourth-order valence-electron chi connectivity index (χ4n) is 2.02. The van der Waals surface area contributed by atoms with E-state index in [-0.39, 0.29) is 17.0 Å². The molecule has 0 atom stereocenters. The predicted octanol–water partition coefficient (Wildman–Crippen LogP) is 2.43. The number of carbonyl (C=O) groups is 2. The SMILES string of the molecule is CCNS(=O)(=O)c1ccc(C(=O)OCC(=O)Nc2cccc(Cl)c2)cc1. The highest BCUT2D eigenvalue weighted by Gasteiger charge is 2.15. The number of halogens is 1. The van der Waals surface area contributed by atoms with Crippen LogP contribution in [0, 0.1) is 0 Å². The fraction of sp³-hybridized carbons (Fsp3) is 0.176. The van der Waals surface area contributed by atoms with Crippen LogP contribution in [0.25, 0.3) is 0 Å². The standard InChI is InChI=1S/C17H17ClN2O5S/c1-2-19-26(23,24)15-8-6-12(7-9-15)17(22)25-11-16(21)20-14-5-3-4-13(18)10-14/h3-10,19H,2,11H2,1H3,(H,20,21). The molecule has 7 nitrogen and oxygen atoms in total. The van der Waals surface area contributed by atoms with Crippen LogP contribution in [0.3, 0.4) is 0 Å². The number of anilines is 1. The number of hydrogen-bond donors (Lipinski definition) is 2. The van der Waals surface area contributed by atoms with Crippen LogP contribution in [-0.2, 0) is 19.6 Å². The number of ether oxygens (including phenoxy) is 1. The molecule has 9 heteroatoms. The third kappa shape index (κ3) is 5.55. The van der Waals surface area contributed by atoms with Gasteiger partial charge in [0.05, 0.1) is 10.5 Å². The Morgan fingerprint density at radius 3 is 2.42 bits per heavy atom. The summed E-state index contributed by atoms with van der Waals surface area (Å²) in [6.07, 6.45) is 0. The molecule has 0 spiro atoms. The minimum Gasteiger partial charge on any atom is -0.452 e. The molecule has 0 saturated carbocycles. The van der Waals surface area contributed by atoms with Gasteiger partial charge in [-0.25, -0.2) is 17.9 Å². The van der Waals surface area contributed by atoms with Gasteiger partial charge in [-0.05, 0) is 42.5 Å². The van der Waals surface area contributed by atoms with Gasteiger partial charge in [-0.15, -0.1) is 0 Å². The van der Waals surface area contributed by atoms with E-state index < -0.39 is 28.5 Å². The summed E-state index contributed by atoms with van der Waals surface area (Å²) in [4.78, 5) is 23.8. The summed E-state index contributed by atoms with van der Waals surface area (Å²) in [5, 5.41) is 3.01. The summed E-state index contributed by atoms with van der Waals surface area (Å²) in [6.45, 7) is 1.44. The molecule has 0 heterocycles. The molecule has 0 aliphatic heterocycles. The highest BCUT2D eigenvalue weighted by molar-refractivity contribution is 7.89. The first-order valence-corrected chi connectivity index (χ1v) is 9.50. The van der Waals surface area contributed by atoms with Crippen molar-refractivity contribution in [2.45, 2.75) is 11.8 Å². The van der Waals surface area contributed by atoms with E-state index in [9.17, 15) is 18.0 Å². The van der Waals surface area contributed by atoms with E-state index in [1.165, 1.54) is 24.3 Å². The molecule has 2 rings (SSSR count). The number of carbonyl (C=O) groups excluding carboxylic acids is 2. The zero-order chi connectivity index (χ0) is 19.2. The molecule has 1 amide bonds. The average molecular weight is 397 g/mol. The van der Waals surface area contributed by atoms with Crippen LogP contribution in [0.2, 0.25) is 5.02 Å². The number of nitrogens with one attached hydrogen (secondary N) is 2. The molecule has 0 fully saturated rings. The normalized spacial score (nSPS) is 11.0. The van der Waals surface area contributed by atoms with E-state index in [1.807, 2.05) is 0 Å². The van der Waals surface area contributed by atoms with Gasteiger partial charge in [0.2, 0.25) is 10.0 Å². The molecule has 26 heavy (non-hydrogen) atoms. The first kappa shape index (κ1) is 19.9. The van der Waals surface area contributed by atoms with Crippen molar-refractivity contribution >= 4 is 39.2 Å². The number of esters is 1.